The molecule has 0 saturated carbocycles. The molecule has 0 spiro atoms. The average molecular weight is 169 g/mol. The molecule has 0 amide bonds. The Hall–Kier alpha value is -0.340. The lowest BCUT2D eigenvalue weighted by Gasteiger charge is -2.18. The van der Waals surface area contributed by atoms with Crippen LogP contribution in [0.25, 0.3) is 0 Å². The molecule has 1 fully saturated rings. The van der Waals surface area contributed by atoms with Gasteiger partial charge >= 0.3 is 0 Å². The van der Waals surface area contributed by atoms with E-state index in [2.05, 4.69) is 18.8 Å². The Morgan fingerprint density at radius 1 is 1.50 bits per heavy atom. The molecule has 0 aliphatic carbocycles. The van der Waals surface area contributed by atoms with Crippen molar-refractivity contribution in [2.75, 3.05) is 13.2 Å². The maximum atomic E-state index is 5.37. The fraction of sp³-hybridized carbons (Fsp3) is 0.800. The molecule has 12 heavy (non-hydrogen) atoms. The standard InChI is InChI=1S/C10H19NO/c1-3-9(2)11-10-5-4-7-12-8-6-10/h3,9-11H,1,4-8H2,2H3. The maximum absolute atomic E-state index is 5.37. The van der Waals surface area contributed by atoms with Crippen molar-refractivity contribution < 1.29 is 4.74 Å². The molecular weight excluding hydrogens is 150 g/mol. The van der Waals surface area contributed by atoms with Crippen molar-refractivity contribution in [1.29, 1.82) is 0 Å². The number of rotatable bonds is 3. The van der Waals surface area contributed by atoms with E-state index in [0.29, 0.717) is 12.1 Å². The van der Waals surface area contributed by atoms with Crippen molar-refractivity contribution in [3.8, 4) is 0 Å². The third kappa shape index (κ3) is 3.37. The van der Waals surface area contributed by atoms with Gasteiger partial charge in [0.1, 0.15) is 0 Å². The van der Waals surface area contributed by atoms with Gasteiger partial charge in [0.05, 0.1) is 0 Å². The predicted molar refractivity (Wildman–Crippen MR) is 51.3 cm³/mol. The molecule has 2 unspecified atom stereocenters. The van der Waals surface area contributed by atoms with Crippen LogP contribution in [0.1, 0.15) is 26.2 Å². The molecule has 1 saturated heterocycles. The molecule has 1 aliphatic rings. The SMILES string of the molecule is C=CC(C)NC1CCCOCC1. The number of nitrogens with one attached hydrogen (secondary N) is 1. The minimum atomic E-state index is 0.424. The van der Waals surface area contributed by atoms with Crippen LogP contribution in [0.4, 0.5) is 0 Å². The molecule has 0 radical (unpaired) electrons. The number of hydrogen-bond donors (Lipinski definition) is 1. The Morgan fingerprint density at radius 2 is 2.33 bits per heavy atom. The maximum Gasteiger partial charge on any atom is 0.0480 e. The van der Waals surface area contributed by atoms with Gasteiger partial charge in [-0.05, 0) is 26.2 Å². The summed E-state index contributed by atoms with van der Waals surface area (Å²) in [5.41, 5.74) is 0. The minimum Gasteiger partial charge on any atom is -0.381 e. The zero-order chi connectivity index (χ0) is 8.81. The summed E-state index contributed by atoms with van der Waals surface area (Å²) in [6, 6.07) is 1.05. The van der Waals surface area contributed by atoms with Gasteiger partial charge in [0.25, 0.3) is 0 Å². The van der Waals surface area contributed by atoms with E-state index in [1.54, 1.807) is 0 Å². The highest BCUT2D eigenvalue weighted by Crippen LogP contribution is 2.08. The monoisotopic (exact) mass is 169 g/mol. The molecule has 2 nitrogen and oxygen atoms in total. The van der Waals surface area contributed by atoms with E-state index in [4.69, 9.17) is 4.74 Å². The summed E-state index contributed by atoms with van der Waals surface area (Å²) < 4.78 is 5.37. The largest absolute Gasteiger partial charge is 0.381 e. The summed E-state index contributed by atoms with van der Waals surface area (Å²) in [5.74, 6) is 0. The molecular formula is C10H19NO. The first kappa shape index (κ1) is 9.75. The van der Waals surface area contributed by atoms with Gasteiger partial charge in [0.15, 0.2) is 0 Å². The van der Waals surface area contributed by atoms with Crippen molar-refractivity contribution in [3.05, 3.63) is 12.7 Å². The summed E-state index contributed by atoms with van der Waals surface area (Å²) in [6.07, 6.45) is 5.50. The van der Waals surface area contributed by atoms with Gasteiger partial charge in [-0.25, -0.2) is 0 Å². The predicted octanol–water partition coefficient (Wildman–Crippen LogP) is 1.72. The fourth-order valence-corrected chi connectivity index (χ4v) is 1.51. The van der Waals surface area contributed by atoms with Gasteiger partial charge in [0.2, 0.25) is 0 Å². The molecule has 70 valence electrons. The van der Waals surface area contributed by atoms with Gasteiger partial charge in [-0.2, -0.15) is 0 Å². The van der Waals surface area contributed by atoms with Gasteiger partial charge in [-0.15, -0.1) is 6.58 Å². The Labute approximate surface area is 75.0 Å². The van der Waals surface area contributed by atoms with Crippen molar-refractivity contribution >= 4 is 0 Å². The highest BCUT2D eigenvalue weighted by molar-refractivity contribution is 4.84. The second kappa shape index (κ2) is 5.33. The van der Waals surface area contributed by atoms with Crippen molar-refractivity contribution in [2.45, 2.75) is 38.3 Å². The first-order chi connectivity index (χ1) is 5.83. The van der Waals surface area contributed by atoms with Crippen molar-refractivity contribution in [3.63, 3.8) is 0 Å². The average Bonchev–Trinajstić information content (AvgIpc) is 2.33. The minimum absolute atomic E-state index is 0.424. The lowest BCUT2D eigenvalue weighted by atomic mass is 10.1. The van der Waals surface area contributed by atoms with Crippen LogP contribution in [-0.2, 0) is 4.74 Å². The summed E-state index contributed by atoms with van der Waals surface area (Å²) in [6.45, 7) is 7.73. The lowest BCUT2D eigenvalue weighted by Crippen LogP contribution is -2.35. The summed E-state index contributed by atoms with van der Waals surface area (Å²) in [4.78, 5) is 0. The van der Waals surface area contributed by atoms with E-state index < -0.39 is 0 Å². The van der Waals surface area contributed by atoms with Gasteiger partial charge < -0.3 is 10.1 Å². The van der Waals surface area contributed by atoms with Gasteiger partial charge in [-0.3, -0.25) is 0 Å². The first-order valence-corrected chi connectivity index (χ1v) is 4.79. The molecule has 1 aliphatic heterocycles. The van der Waals surface area contributed by atoms with Crippen molar-refractivity contribution in [1.82, 2.24) is 5.32 Å². The second-order valence-corrected chi connectivity index (χ2v) is 3.43. The van der Waals surface area contributed by atoms with Crippen LogP contribution in [0.15, 0.2) is 12.7 Å². The smallest absolute Gasteiger partial charge is 0.0480 e. The van der Waals surface area contributed by atoms with Gasteiger partial charge in [0, 0.05) is 25.3 Å². The highest BCUT2D eigenvalue weighted by atomic mass is 16.5. The summed E-state index contributed by atoms with van der Waals surface area (Å²) >= 11 is 0. The van der Waals surface area contributed by atoms with E-state index in [1.807, 2.05) is 6.08 Å². The third-order valence-corrected chi connectivity index (χ3v) is 2.30. The highest BCUT2D eigenvalue weighted by Gasteiger charge is 2.12. The Kier molecular flexibility index (Phi) is 4.33. The molecule has 1 heterocycles. The van der Waals surface area contributed by atoms with Crippen LogP contribution < -0.4 is 5.32 Å². The van der Waals surface area contributed by atoms with Crippen LogP contribution >= 0.6 is 0 Å². The summed E-state index contributed by atoms with van der Waals surface area (Å²) in [5, 5.41) is 3.51. The van der Waals surface area contributed by atoms with Crippen LogP contribution in [0.3, 0.4) is 0 Å². The second-order valence-electron chi connectivity index (χ2n) is 3.43. The van der Waals surface area contributed by atoms with Crippen LogP contribution in [0, 0.1) is 0 Å². The number of hydrogen-bond acceptors (Lipinski definition) is 2. The molecule has 1 N–H and O–H groups in total. The first-order valence-electron chi connectivity index (χ1n) is 4.79. The Balaban J connectivity index is 2.24. The topological polar surface area (TPSA) is 21.3 Å². The fourth-order valence-electron chi connectivity index (χ4n) is 1.51. The quantitative estimate of drug-likeness (QED) is 0.649. The number of ether oxygens (including phenoxy) is 1. The molecule has 1 rings (SSSR count). The molecule has 0 aromatic carbocycles. The normalized spacial score (nSPS) is 27.6. The zero-order valence-electron chi connectivity index (χ0n) is 7.88. The van der Waals surface area contributed by atoms with E-state index in [0.717, 1.165) is 19.6 Å². The molecule has 2 atom stereocenters. The van der Waals surface area contributed by atoms with E-state index >= 15 is 0 Å². The molecule has 0 bridgehead atoms. The molecule has 0 aromatic rings. The Morgan fingerprint density at radius 3 is 3.08 bits per heavy atom. The lowest BCUT2D eigenvalue weighted by molar-refractivity contribution is 0.142. The zero-order valence-corrected chi connectivity index (χ0v) is 7.88. The third-order valence-electron chi connectivity index (χ3n) is 2.30. The van der Waals surface area contributed by atoms with E-state index in [9.17, 15) is 0 Å². The van der Waals surface area contributed by atoms with E-state index in [-0.39, 0.29) is 0 Å². The van der Waals surface area contributed by atoms with Gasteiger partial charge in [-0.1, -0.05) is 6.08 Å². The van der Waals surface area contributed by atoms with Crippen LogP contribution in [-0.4, -0.2) is 25.3 Å². The molecule has 2 heteroatoms. The van der Waals surface area contributed by atoms with Crippen LogP contribution in [0.2, 0.25) is 0 Å². The van der Waals surface area contributed by atoms with Crippen molar-refractivity contribution in [2.24, 2.45) is 0 Å². The molecule has 0 aromatic heterocycles. The Bertz CT molecular complexity index is 128. The van der Waals surface area contributed by atoms with Crippen LogP contribution in [0.5, 0.6) is 0 Å². The summed E-state index contributed by atoms with van der Waals surface area (Å²) in [7, 11) is 0. The van der Waals surface area contributed by atoms with E-state index in [1.165, 1.54) is 12.8 Å².